The fourth-order valence-corrected chi connectivity index (χ4v) is 3.57. The molecule has 2 heterocycles. The van der Waals surface area contributed by atoms with Crippen molar-refractivity contribution in [3.63, 3.8) is 0 Å². The molecule has 0 aliphatic carbocycles. The molecule has 0 radical (unpaired) electrons. The number of hydrogen-bond acceptors (Lipinski definition) is 5. The van der Waals surface area contributed by atoms with Gasteiger partial charge in [-0.3, -0.25) is 0 Å². The van der Waals surface area contributed by atoms with Crippen LogP contribution in [0.2, 0.25) is 0 Å². The van der Waals surface area contributed by atoms with Gasteiger partial charge >= 0.3 is 0 Å². The Morgan fingerprint density at radius 3 is 2.94 bits per heavy atom. The highest BCUT2D eigenvalue weighted by Gasteiger charge is 2.18. The van der Waals surface area contributed by atoms with Crippen molar-refractivity contribution < 1.29 is 8.42 Å². The first kappa shape index (κ1) is 13.5. The molecule has 0 atom stereocenters. The molecular formula is C10H10BrN3O2S2. The third-order valence-corrected chi connectivity index (χ3v) is 4.78. The van der Waals surface area contributed by atoms with Gasteiger partial charge in [0, 0.05) is 17.2 Å². The minimum absolute atomic E-state index is 0.0176. The van der Waals surface area contributed by atoms with Crippen molar-refractivity contribution in [3.05, 3.63) is 39.1 Å². The van der Waals surface area contributed by atoms with Crippen molar-refractivity contribution in [3.8, 4) is 0 Å². The first-order chi connectivity index (χ1) is 8.49. The molecule has 0 unspecified atom stereocenters. The van der Waals surface area contributed by atoms with Gasteiger partial charge in [-0.25, -0.2) is 18.1 Å². The summed E-state index contributed by atoms with van der Waals surface area (Å²) in [5.41, 5.74) is 6.48. The Morgan fingerprint density at radius 2 is 2.28 bits per heavy atom. The summed E-state index contributed by atoms with van der Waals surface area (Å²) in [4.78, 5) is 3.78. The predicted molar refractivity (Wildman–Crippen MR) is 74.7 cm³/mol. The molecule has 2 aromatic rings. The number of rotatable bonds is 4. The van der Waals surface area contributed by atoms with Crippen LogP contribution in [-0.4, -0.2) is 13.4 Å². The number of anilines is 1. The van der Waals surface area contributed by atoms with E-state index in [1.54, 1.807) is 0 Å². The normalized spacial score (nSPS) is 11.6. The van der Waals surface area contributed by atoms with Crippen molar-refractivity contribution in [2.24, 2.45) is 0 Å². The molecule has 0 fully saturated rings. The zero-order chi connectivity index (χ0) is 13.2. The van der Waals surface area contributed by atoms with E-state index in [0.29, 0.717) is 4.47 Å². The summed E-state index contributed by atoms with van der Waals surface area (Å²) < 4.78 is 27.2. The molecule has 18 heavy (non-hydrogen) atoms. The van der Waals surface area contributed by atoms with Crippen LogP contribution in [0, 0.1) is 0 Å². The Bertz CT molecular complexity index is 641. The van der Waals surface area contributed by atoms with E-state index < -0.39 is 10.0 Å². The van der Waals surface area contributed by atoms with Gasteiger partial charge in [0.25, 0.3) is 0 Å². The molecular weight excluding hydrogens is 338 g/mol. The van der Waals surface area contributed by atoms with Gasteiger partial charge in [0.1, 0.15) is 10.7 Å². The van der Waals surface area contributed by atoms with Gasteiger partial charge in [-0.2, -0.15) is 11.3 Å². The topological polar surface area (TPSA) is 85.1 Å². The van der Waals surface area contributed by atoms with Crippen LogP contribution in [0.4, 0.5) is 5.82 Å². The summed E-state index contributed by atoms with van der Waals surface area (Å²) >= 11 is 4.68. The van der Waals surface area contributed by atoms with Gasteiger partial charge in [0.05, 0.1) is 0 Å². The van der Waals surface area contributed by atoms with E-state index in [0.717, 1.165) is 5.56 Å². The first-order valence-electron chi connectivity index (χ1n) is 4.91. The highest BCUT2D eigenvalue weighted by atomic mass is 79.9. The lowest BCUT2D eigenvalue weighted by molar-refractivity contribution is 0.581. The molecule has 0 aliphatic rings. The standard InChI is InChI=1S/C10H10BrN3O2S2/c11-8-3-9(10(12)13-5-8)18(15,16)14-4-7-1-2-17-6-7/h1-3,5-6,14H,4H2,(H2,12,13). The fraction of sp³-hybridized carbons (Fsp3) is 0.100. The minimum Gasteiger partial charge on any atom is -0.383 e. The SMILES string of the molecule is Nc1ncc(Br)cc1S(=O)(=O)NCc1ccsc1. The van der Waals surface area contributed by atoms with Gasteiger partial charge in [-0.1, -0.05) is 0 Å². The average molecular weight is 348 g/mol. The van der Waals surface area contributed by atoms with E-state index in [1.807, 2.05) is 16.8 Å². The smallest absolute Gasteiger partial charge is 0.244 e. The molecule has 8 heteroatoms. The average Bonchev–Trinajstić information content (AvgIpc) is 2.83. The van der Waals surface area contributed by atoms with Gasteiger partial charge in [0.15, 0.2) is 0 Å². The first-order valence-corrected chi connectivity index (χ1v) is 8.13. The molecule has 0 amide bonds. The fourth-order valence-electron chi connectivity index (χ4n) is 1.30. The molecule has 0 spiro atoms. The molecule has 5 nitrogen and oxygen atoms in total. The molecule has 0 aromatic carbocycles. The molecule has 0 saturated carbocycles. The maximum absolute atomic E-state index is 12.1. The number of hydrogen-bond donors (Lipinski definition) is 2. The van der Waals surface area contributed by atoms with Crippen LogP contribution >= 0.6 is 27.3 Å². The summed E-state index contributed by atoms with van der Waals surface area (Å²) in [6.07, 6.45) is 1.45. The van der Waals surface area contributed by atoms with Crippen LogP contribution in [0.5, 0.6) is 0 Å². The van der Waals surface area contributed by atoms with Crippen LogP contribution < -0.4 is 10.5 Å². The largest absolute Gasteiger partial charge is 0.383 e. The lowest BCUT2D eigenvalue weighted by Crippen LogP contribution is -2.24. The van der Waals surface area contributed by atoms with Crippen LogP contribution in [0.3, 0.4) is 0 Å². The summed E-state index contributed by atoms with van der Waals surface area (Å²) in [7, 11) is -3.65. The van der Waals surface area contributed by atoms with Crippen molar-refractivity contribution in [1.82, 2.24) is 9.71 Å². The number of sulfonamides is 1. The second kappa shape index (κ2) is 5.35. The van der Waals surface area contributed by atoms with Crippen molar-refractivity contribution >= 4 is 43.1 Å². The van der Waals surface area contributed by atoms with E-state index in [1.165, 1.54) is 23.6 Å². The third-order valence-electron chi connectivity index (χ3n) is 2.18. The Kier molecular flexibility index (Phi) is 4.00. The van der Waals surface area contributed by atoms with Crippen molar-refractivity contribution in [2.75, 3.05) is 5.73 Å². The number of nitrogens with one attached hydrogen (secondary N) is 1. The number of pyridine rings is 1. The summed E-state index contributed by atoms with van der Waals surface area (Å²) in [5, 5.41) is 3.77. The van der Waals surface area contributed by atoms with Gasteiger partial charge in [0.2, 0.25) is 10.0 Å². The maximum atomic E-state index is 12.1. The number of nitrogens with two attached hydrogens (primary N) is 1. The van der Waals surface area contributed by atoms with Crippen LogP contribution in [0.25, 0.3) is 0 Å². The lowest BCUT2D eigenvalue weighted by Gasteiger charge is -2.08. The van der Waals surface area contributed by atoms with E-state index >= 15 is 0 Å². The molecule has 2 aromatic heterocycles. The quantitative estimate of drug-likeness (QED) is 0.885. The van der Waals surface area contributed by atoms with Crippen LogP contribution in [-0.2, 0) is 16.6 Å². The van der Waals surface area contributed by atoms with Gasteiger partial charge in [-0.05, 0) is 44.4 Å². The van der Waals surface area contributed by atoms with Crippen LogP contribution in [0.15, 0.2) is 38.5 Å². The summed E-state index contributed by atoms with van der Waals surface area (Å²) in [6, 6.07) is 3.29. The van der Waals surface area contributed by atoms with Gasteiger partial charge in [-0.15, -0.1) is 0 Å². The molecule has 2 rings (SSSR count). The maximum Gasteiger partial charge on any atom is 0.244 e. The molecule has 0 aliphatic heterocycles. The minimum atomic E-state index is -3.65. The van der Waals surface area contributed by atoms with Crippen molar-refractivity contribution in [2.45, 2.75) is 11.4 Å². The van der Waals surface area contributed by atoms with E-state index in [-0.39, 0.29) is 17.3 Å². The monoisotopic (exact) mass is 347 g/mol. The van der Waals surface area contributed by atoms with E-state index in [2.05, 4.69) is 25.6 Å². The summed E-state index contributed by atoms with van der Waals surface area (Å²) in [5.74, 6) is -0.0176. The highest BCUT2D eigenvalue weighted by molar-refractivity contribution is 9.10. The lowest BCUT2D eigenvalue weighted by atomic mass is 10.4. The molecule has 0 bridgehead atoms. The number of halogens is 1. The molecule has 96 valence electrons. The van der Waals surface area contributed by atoms with E-state index in [9.17, 15) is 8.42 Å². The number of nitrogen functional groups attached to an aromatic ring is 1. The Hall–Kier alpha value is -0.960. The Balaban J connectivity index is 2.22. The van der Waals surface area contributed by atoms with Gasteiger partial charge < -0.3 is 5.73 Å². The summed E-state index contributed by atoms with van der Waals surface area (Å²) in [6.45, 7) is 0.234. The second-order valence-corrected chi connectivity index (χ2v) is 6.92. The zero-order valence-electron chi connectivity index (χ0n) is 9.13. The highest BCUT2D eigenvalue weighted by Crippen LogP contribution is 2.20. The number of aromatic nitrogens is 1. The third kappa shape index (κ3) is 3.08. The number of thiophene rings is 1. The molecule has 0 saturated heterocycles. The second-order valence-electron chi connectivity index (χ2n) is 3.49. The predicted octanol–water partition coefficient (Wildman–Crippen LogP) is 1.97. The molecule has 3 N–H and O–H groups in total. The Morgan fingerprint density at radius 1 is 1.50 bits per heavy atom. The number of nitrogens with zero attached hydrogens (tertiary/aromatic N) is 1. The van der Waals surface area contributed by atoms with Crippen molar-refractivity contribution in [1.29, 1.82) is 0 Å². The van der Waals surface area contributed by atoms with E-state index in [4.69, 9.17) is 5.73 Å². The van der Waals surface area contributed by atoms with Crippen LogP contribution in [0.1, 0.15) is 5.56 Å². The zero-order valence-corrected chi connectivity index (χ0v) is 12.3. The Labute approximate surface area is 117 Å².